The quantitative estimate of drug-likeness (QED) is 0.549. The molecule has 0 fully saturated rings. The smallest absolute Gasteiger partial charge is 0.286 e. The maximum absolute atomic E-state index is 8.48. The van der Waals surface area contributed by atoms with Gasteiger partial charge in [0.1, 0.15) is 23.9 Å². The van der Waals surface area contributed by atoms with Crippen LogP contribution in [0.4, 0.5) is 5.82 Å². The molecule has 4 heteroatoms. The molecule has 1 aromatic heterocycles. The molecule has 0 bridgehead atoms. The van der Waals surface area contributed by atoms with E-state index in [2.05, 4.69) is 4.98 Å². The lowest BCUT2D eigenvalue weighted by Gasteiger charge is -1.88. The monoisotopic (exact) mass is 145 g/mol. The van der Waals surface area contributed by atoms with Crippen LogP contribution in [0.3, 0.4) is 0 Å². The second-order valence-corrected chi connectivity index (χ2v) is 1.94. The topological polar surface area (TPSA) is 87.7 Å². The summed E-state index contributed by atoms with van der Waals surface area (Å²) in [4.78, 5) is 2.60. The lowest BCUT2D eigenvalue weighted by molar-refractivity contribution is -0.360. The number of nitriles is 2. The molecular formula is C7H5N4+. The summed E-state index contributed by atoms with van der Waals surface area (Å²) >= 11 is 0. The zero-order chi connectivity index (χ0) is 8.27. The minimum Gasteiger partial charge on any atom is -0.286 e. The van der Waals surface area contributed by atoms with Crippen molar-refractivity contribution in [3.63, 3.8) is 0 Å². The molecule has 4 nitrogen and oxygen atoms in total. The number of nitrogens with two attached hydrogens (primary N) is 1. The highest BCUT2D eigenvalue weighted by atomic mass is 14.8. The number of nitrogen functional groups attached to an aromatic ring is 1. The Morgan fingerprint density at radius 2 is 2.09 bits per heavy atom. The van der Waals surface area contributed by atoms with Crippen molar-refractivity contribution in [1.29, 1.82) is 10.5 Å². The van der Waals surface area contributed by atoms with Crippen LogP contribution in [0.15, 0.2) is 12.3 Å². The Hall–Kier alpha value is -2.07. The number of hydrogen-bond acceptors (Lipinski definition) is 3. The summed E-state index contributed by atoms with van der Waals surface area (Å²) < 4.78 is 0. The van der Waals surface area contributed by atoms with Gasteiger partial charge < -0.3 is 0 Å². The Morgan fingerprint density at radius 3 is 2.64 bits per heavy atom. The first kappa shape index (κ1) is 7.04. The highest BCUT2D eigenvalue weighted by Gasteiger charge is 2.04. The maximum Gasteiger partial charge on any atom is 0.288 e. The van der Waals surface area contributed by atoms with Gasteiger partial charge in [-0.2, -0.15) is 10.5 Å². The molecule has 1 heterocycles. The number of pyridine rings is 1. The van der Waals surface area contributed by atoms with Gasteiger partial charge in [0.2, 0.25) is 0 Å². The first-order valence-corrected chi connectivity index (χ1v) is 2.89. The van der Waals surface area contributed by atoms with Gasteiger partial charge >= 0.3 is 0 Å². The van der Waals surface area contributed by atoms with Crippen molar-refractivity contribution in [3.8, 4) is 12.1 Å². The van der Waals surface area contributed by atoms with Crippen molar-refractivity contribution in [2.45, 2.75) is 0 Å². The van der Waals surface area contributed by atoms with Crippen LogP contribution in [-0.2, 0) is 0 Å². The van der Waals surface area contributed by atoms with Gasteiger partial charge in [-0.1, -0.05) is 0 Å². The van der Waals surface area contributed by atoms with Crippen LogP contribution in [0.5, 0.6) is 0 Å². The van der Waals surface area contributed by atoms with Gasteiger partial charge in [0, 0.05) is 0 Å². The van der Waals surface area contributed by atoms with E-state index < -0.39 is 0 Å². The van der Waals surface area contributed by atoms with Crippen molar-refractivity contribution in [1.82, 2.24) is 0 Å². The van der Waals surface area contributed by atoms with Crippen LogP contribution in [0, 0.1) is 22.7 Å². The van der Waals surface area contributed by atoms with E-state index >= 15 is 0 Å². The van der Waals surface area contributed by atoms with E-state index in [0.717, 1.165) is 0 Å². The third-order valence-corrected chi connectivity index (χ3v) is 1.22. The molecule has 0 radical (unpaired) electrons. The molecule has 0 saturated carbocycles. The van der Waals surface area contributed by atoms with E-state index in [9.17, 15) is 0 Å². The van der Waals surface area contributed by atoms with E-state index in [1.165, 1.54) is 12.3 Å². The zero-order valence-electron chi connectivity index (χ0n) is 5.63. The predicted octanol–water partition coefficient (Wildman–Crippen LogP) is -0.174. The number of aromatic nitrogens is 1. The molecule has 0 aliphatic rings. The van der Waals surface area contributed by atoms with Gasteiger partial charge in [0.25, 0.3) is 5.82 Å². The SMILES string of the molecule is N#Cc1c[nH+]c(N)c(C#N)c1. The van der Waals surface area contributed by atoms with Gasteiger partial charge in [-0.25, -0.2) is 4.98 Å². The third-order valence-electron chi connectivity index (χ3n) is 1.22. The molecule has 0 atom stereocenters. The highest BCUT2D eigenvalue weighted by molar-refractivity contribution is 5.47. The molecule has 0 saturated heterocycles. The van der Waals surface area contributed by atoms with Gasteiger partial charge in [-0.15, -0.1) is 0 Å². The Balaban J connectivity index is 3.29. The average Bonchev–Trinajstić information content (AvgIpc) is 2.05. The van der Waals surface area contributed by atoms with Crippen LogP contribution in [0.2, 0.25) is 0 Å². The molecule has 3 N–H and O–H groups in total. The minimum atomic E-state index is 0.284. The fourth-order valence-electron chi connectivity index (χ4n) is 0.665. The molecule has 1 aromatic rings. The molecule has 0 amide bonds. The standard InChI is InChI=1S/C7H4N4/c8-2-5-1-6(3-9)7(10)11-4-5/h1,4H,(H2,10,11)/p+1. The van der Waals surface area contributed by atoms with E-state index in [0.29, 0.717) is 11.1 Å². The number of nitrogens with one attached hydrogen (secondary N) is 1. The largest absolute Gasteiger partial charge is 0.288 e. The molecule has 11 heavy (non-hydrogen) atoms. The van der Waals surface area contributed by atoms with Crippen molar-refractivity contribution in [3.05, 3.63) is 23.4 Å². The average molecular weight is 145 g/mol. The van der Waals surface area contributed by atoms with Crippen molar-refractivity contribution in [2.75, 3.05) is 5.73 Å². The molecule has 0 aliphatic heterocycles. The van der Waals surface area contributed by atoms with Crippen molar-refractivity contribution >= 4 is 5.82 Å². The van der Waals surface area contributed by atoms with Crippen molar-refractivity contribution < 1.29 is 4.98 Å². The Labute approximate surface area is 63.5 Å². The summed E-state index contributed by atoms with van der Waals surface area (Å²) in [7, 11) is 0. The van der Waals surface area contributed by atoms with Gasteiger partial charge in [0.05, 0.1) is 5.56 Å². The van der Waals surface area contributed by atoms with Crippen LogP contribution in [-0.4, -0.2) is 0 Å². The minimum absolute atomic E-state index is 0.284. The summed E-state index contributed by atoms with van der Waals surface area (Å²) in [6.07, 6.45) is 1.45. The Bertz CT molecular complexity index is 356. The van der Waals surface area contributed by atoms with E-state index in [1.807, 2.05) is 12.1 Å². The van der Waals surface area contributed by atoms with E-state index in [1.54, 1.807) is 0 Å². The van der Waals surface area contributed by atoms with E-state index in [4.69, 9.17) is 16.3 Å². The first-order valence-electron chi connectivity index (χ1n) is 2.89. The van der Waals surface area contributed by atoms with Crippen LogP contribution in [0.25, 0.3) is 0 Å². The molecule has 1 rings (SSSR count). The van der Waals surface area contributed by atoms with Gasteiger partial charge in [-0.3, -0.25) is 5.73 Å². The van der Waals surface area contributed by atoms with Gasteiger partial charge in [0.15, 0.2) is 0 Å². The zero-order valence-corrected chi connectivity index (χ0v) is 5.63. The molecule has 0 spiro atoms. The summed E-state index contributed by atoms with van der Waals surface area (Å²) in [6.45, 7) is 0. The third kappa shape index (κ3) is 1.25. The Morgan fingerprint density at radius 1 is 1.36 bits per heavy atom. The number of aromatic amines is 1. The fraction of sp³-hybridized carbons (Fsp3) is 0. The molecular weight excluding hydrogens is 140 g/mol. The molecule has 0 aliphatic carbocycles. The lowest BCUT2D eigenvalue weighted by atomic mass is 10.2. The number of anilines is 1. The van der Waals surface area contributed by atoms with Crippen LogP contribution >= 0.6 is 0 Å². The number of H-pyrrole nitrogens is 1. The summed E-state index contributed by atoms with van der Waals surface area (Å²) in [6, 6.07) is 5.19. The number of hydrogen-bond donors (Lipinski definition) is 1. The fourth-order valence-corrected chi connectivity index (χ4v) is 0.665. The predicted molar refractivity (Wildman–Crippen MR) is 36.8 cm³/mol. The lowest BCUT2D eigenvalue weighted by Crippen LogP contribution is -2.12. The maximum atomic E-state index is 8.48. The first-order chi connectivity index (χ1) is 5.27. The van der Waals surface area contributed by atoms with Crippen LogP contribution in [0.1, 0.15) is 11.1 Å². The van der Waals surface area contributed by atoms with Gasteiger partial charge in [-0.05, 0) is 6.07 Å². The number of nitrogens with zero attached hydrogens (tertiary/aromatic N) is 2. The normalized spacial score (nSPS) is 8.18. The molecule has 52 valence electrons. The molecule has 0 aromatic carbocycles. The van der Waals surface area contributed by atoms with Crippen molar-refractivity contribution in [2.24, 2.45) is 0 Å². The number of rotatable bonds is 0. The highest BCUT2D eigenvalue weighted by Crippen LogP contribution is 2.03. The summed E-state index contributed by atoms with van der Waals surface area (Å²) in [5, 5.41) is 16.9. The molecule has 0 unspecified atom stereocenters. The second-order valence-electron chi connectivity index (χ2n) is 1.94. The second kappa shape index (κ2) is 2.68. The summed E-state index contributed by atoms with van der Waals surface area (Å²) in [5.74, 6) is 0.284. The van der Waals surface area contributed by atoms with E-state index in [-0.39, 0.29) is 5.82 Å². The Kier molecular flexibility index (Phi) is 1.71. The summed E-state index contributed by atoms with van der Waals surface area (Å²) in [5.41, 5.74) is 6.06. The van der Waals surface area contributed by atoms with Crippen LogP contribution < -0.4 is 10.7 Å².